The SMILES string of the molecule is CN(C)c1ncc2c(n1)C1(CCN(C(=O)c3ccc(Cl)o3)CC1)OCC2. The van der Waals surface area contributed by atoms with Gasteiger partial charge in [-0.3, -0.25) is 4.79 Å². The molecule has 1 spiro atoms. The molecule has 4 rings (SSSR count). The predicted octanol–water partition coefficient (Wildman–Crippen LogP) is 2.49. The van der Waals surface area contributed by atoms with E-state index < -0.39 is 5.60 Å². The van der Waals surface area contributed by atoms with Crippen molar-refractivity contribution < 1.29 is 13.9 Å². The summed E-state index contributed by atoms with van der Waals surface area (Å²) >= 11 is 5.78. The van der Waals surface area contributed by atoms with E-state index in [0.29, 0.717) is 38.5 Å². The summed E-state index contributed by atoms with van der Waals surface area (Å²) in [5.74, 6) is 0.810. The molecule has 0 bridgehead atoms. The van der Waals surface area contributed by atoms with E-state index in [9.17, 15) is 4.79 Å². The zero-order valence-corrected chi connectivity index (χ0v) is 15.6. The number of piperidine rings is 1. The minimum absolute atomic E-state index is 0.139. The van der Waals surface area contributed by atoms with Gasteiger partial charge in [0.1, 0.15) is 5.60 Å². The van der Waals surface area contributed by atoms with Crippen LogP contribution in [0.4, 0.5) is 5.95 Å². The van der Waals surface area contributed by atoms with Gasteiger partial charge in [0.05, 0.1) is 12.3 Å². The lowest BCUT2D eigenvalue weighted by Gasteiger charge is -2.44. The molecule has 26 heavy (non-hydrogen) atoms. The van der Waals surface area contributed by atoms with Crippen LogP contribution in [0.1, 0.15) is 34.7 Å². The van der Waals surface area contributed by atoms with Crippen LogP contribution in [0.2, 0.25) is 5.22 Å². The van der Waals surface area contributed by atoms with Crippen LogP contribution in [0.15, 0.2) is 22.7 Å². The Balaban J connectivity index is 1.56. The second-order valence-corrected chi connectivity index (χ2v) is 7.30. The van der Waals surface area contributed by atoms with Gasteiger partial charge in [0.25, 0.3) is 5.91 Å². The molecular formula is C18H21ClN4O3. The zero-order valence-electron chi connectivity index (χ0n) is 14.9. The average Bonchev–Trinajstić information content (AvgIpc) is 3.08. The third-order valence-electron chi connectivity index (χ3n) is 5.08. The number of likely N-dealkylation sites (tertiary alicyclic amines) is 1. The molecule has 0 aromatic carbocycles. The molecule has 4 heterocycles. The third kappa shape index (κ3) is 2.95. The number of carbonyl (C=O) groups is 1. The molecule has 7 nitrogen and oxygen atoms in total. The number of anilines is 1. The summed E-state index contributed by atoms with van der Waals surface area (Å²) in [5, 5.41) is 0.222. The maximum absolute atomic E-state index is 12.6. The van der Waals surface area contributed by atoms with E-state index in [-0.39, 0.29) is 16.9 Å². The fourth-order valence-corrected chi connectivity index (χ4v) is 3.80. The summed E-state index contributed by atoms with van der Waals surface area (Å²) in [5.41, 5.74) is 1.66. The molecule has 0 radical (unpaired) electrons. The first-order valence-electron chi connectivity index (χ1n) is 8.71. The molecule has 1 amide bonds. The number of amides is 1. The summed E-state index contributed by atoms with van der Waals surface area (Å²) in [6.07, 6.45) is 4.12. The third-order valence-corrected chi connectivity index (χ3v) is 5.28. The van der Waals surface area contributed by atoms with Crippen molar-refractivity contribution in [3.05, 3.63) is 40.6 Å². The van der Waals surface area contributed by atoms with Gasteiger partial charge in [-0.05, 0) is 48.6 Å². The normalized spacial score (nSPS) is 18.7. The van der Waals surface area contributed by atoms with Crippen LogP contribution in [0.5, 0.6) is 0 Å². The fraction of sp³-hybridized carbons (Fsp3) is 0.500. The predicted molar refractivity (Wildman–Crippen MR) is 96.5 cm³/mol. The van der Waals surface area contributed by atoms with Crippen molar-refractivity contribution in [2.75, 3.05) is 38.7 Å². The van der Waals surface area contributed by atoms with Gasteiger partial charge in [-0.1, -0.05) is 0 Å². The molecule has 0 atom stereocenters. The Morgan fingerprint density at radius 1 is 1.31 bits per heavy atom. The summed E-state index contributed by atoms with van der Waals surface area (Å²) in [6, 6.07) is 3.19. The molecule has 2 aliphatic heterocycles. The van der Waals surface area contributed by atoms with Crippen LogP contribution in [0.25, 0.3) is 0 Å². The van der Waals surface area contributed by atoms with Gasteiger partial charge in [0, 0.05) is 33.4 Å². The summed E-state index contributed by atoms with van der Waals surface area (Å²) in [6.45, 7) is 1.81. The van der Waals surface area contributed by atoms with E-state index in [1.807, 2.05) is 25.2 Å². The highest BCUT2D eigenvalue weighted by molar-refractivity contribution is 6.29. The van der Waals surface area contributed by atoms with E-state index in [1.165, 1.54) is 0 Å². The van der Waals surface area contributed by atoms with Gasteiger partial charge in [-0.25, -0.2) is 9.97 Å². The van der Waals surface area contributed by atoms with Crippen LogP contribution >= 0.6 is 11.6 Å². The van der Waals surface area contributed by atoms with Gasteiger partial charge in [0.15, 0.2) is 11.0 Å². The molecule has 8 heteroatoms. The van der Waals surface area contributed by atoms with Crippen LogP contribution in [-0.2, 0) is 16.8 Å². The molecule has 2 aromatic rings. The highest BCUT2D eigenvalue weighted by atomic mass is 35.5. The zero-order chi connectivity index (χ0) is 18.3. The number of ether oxygens (including phenoxy) is 1. The van der Waals surface area contributed by atoms with Gasteiger partial charge >= 0.3 is 0 Å². The van der Waals surface area contributed by atoms with Crippen molar-refractivity contribution in [3.8, 4) is 0 Å². The number of fused-ring (bicyclic) bond motifs is 2. The minimum atomic E-state index is -0.446. The summed E-state index contributed by atoms with van der Waals surface area (Å²) in [4.78, 5) is 25.4. The number of hydrogen-bond acceptors (Lipinski definition) is 6. The van der Waals surface area contributed by atoms with Gasteiger partial charge in [-0.2, -0.15) is 0 Å². The Morgan fingerprint density at radius 3 is 2.73 bits per heavy atom. The molecular weight excluding hydrogens is 356 g/mol. The van der Waals surface area contributed by atoms with Crippen LogP contribution in [-0.4, -0.2) is 54.6 Å². The van der Waals surface area contributed by atoms with Crippen molar-refractivity contribution in [1.82, 2.24) is 14.9 Å². The fourth-order valence-electron chi connectivity index (χ4n) is 3.65. The second-order valence-electron chi connectivity index (χ2n) is 6.93. The number of aromatic nitrogens is 2. The first-order valence-corrected chi connectivity index (χ1v) is 9.09. The number of halogens is 1. The molecule has 2 aliphatic rings. The Bertz CT molecular complexity index is 828. The molecule has 0 aliphatic carbocycles. The van der Waals surface area contributed by atoms with Gasteiger partial charge in [-0.15, -0.1) is 0 Å². The molecule has 2 aromatic heterocycles. The number of rotatable bonds is 2. The van der Waals surface area contributed by atoms with Crippen molar-refractivity contribution in [2.24, 2.45) is 0 Å². The van der Waals surface area contributed by atoms with E-state index in [0.717, 1.165) is 17.7 Å². The Labute approximate surface area is 156 Å². The monoisotopic (exact) mass is 376 g/mol. The lowest BCUT2D eigenvalue weighted by Crippen LogP contribution is -2.49. The number of hydrogen-bond donors (Lipinski definition) is 0. The van der Waals surface area contributed by atoms with Crippen molar-refractivity contribution >= 4 is 23.5 Å². The minimum Gasteiger partial charge on any atom is -0.440 e. The highest BCUT2D eigenvalue weighted by Crippen LogP contribution is 2.41. The van der Waals surface area contributed by atoms with Crippen LogP contribution in [0.3, 0.4) is 0 Å². The molecule has 0 unspecified atom stereocenters. The standard InChI is InChI=1S/C18H21ClN4O3/c1-22(2)17-20-11-12-5-10-25-18(15(12)21-17)6-8-23(9-7-18)16(24)13-3-4-14(19)26-13/h3-4,11H,5-10H2,1-2H3. The average molecular weight is 377 g/mol. The topological polar surface area (TPSA) is 71.7 Å². The Kier molecular flexibility index (Phi) is 4.36. The van der Waals surface area contributed by atoms with Crippen LogP contribution < -0.4 is 4.90 Å². The smallest absolute Gasteiger partial charge is 0.289 e. The molecule has 0 saturated carbocycles. The van der Waals surface area contributed by atoms with E-state index in [4.69, 9.17) is 25.7 Å². The molecule has 1 fully saturated rings. The number of carbonyl (C=O) groups excluding carboxylic acids is 1. The quantitative estimate of drug-likeness (QED) is 0.801. The number of furan rings is 1. The molecule has 0 N–H and O–H groups in total. The van der Waals surface area contributed by atoms with E-state index in [2.05, 4.69) is 4.98 Å². The van der Waals surface area contributed by atoms with Crippen LogP contribution in [0, 0.1) is 0 Å². The van der Waals surface area contributed by atoms with E-state index in [1.54, 1.807) is 17.0 Å². The van der Waals surface area contributed by atoms with Gasteiger partial charge in [0.2, 0.25) is 5.95 Å². The molecule has 1 saturated heterocycles. The number of nitrogens with zero attached hydrogens (tertiary/aromatic N) is 4. The highest BCUT2D eigenvalue weighted by Gasteiger charge is 2.43. The first kappa shape index (κ1) is 17.3. The maximum atomic E-state index is 12.6. The van der Waals surface area contributed by atoms with Crippen molar-refractivity contribution in [3.63, 3.8) is 0 Å². The lowest BCUT2D eigenvalue weighted by atomic mass is 9.83. The largest absolute Gasteiger partial charge is 0.440 e. The Morgan fingerprint density at radius 2 is 2.08 bits per heavy atom. The Hall–Kier alpha value is -2.12. The molecule has 138 valence electrons. The summed E-state index contributed by atoms with van der Waals surface area (Å²) in [7, 11) is 3.85. The first-order chi connectivity index (χ1) is 12.5. The summed E-state index contributed by atoms with van der Waals surface area (Å²) < 4.78 is 11.5. The lowest BCUT2D eigenvalue weighted by molar-refractivity contribution is -0.0968. The van der Waals surface area contributed by atoms with E-state index >= 15 is 0 Å². The second kappa shape index (κ2) is 6.55. The van der Waals surface area contributed by atoms with Crippen molar-refractivity contribution in [1.29, 1.82) is 0 Å². The maximum Gasteiger partial charge on any atom is 0.289 e. The van der Waals surface area contributed by atoms with Crippen molar-refractivity contribution in [2.45, 2.75) is 24.9 Å². The van der Waals surface area contributed by atoms with Gasteiger partial charge < -0.3 is 19.0 Å².